The number of nitrogens with zero attached hydrogens (tertiary/aromatic N) is 1. The molecule has 2 aromatic heterocycles. The van der Waals surface area contributed by atoms with Crippen molar-refractivity contribution in [3.63, 3.8) is 0 Å². The van der Waals surface area contributed by atoms with E-state index in [1.54, 1.807) is 0 Å². The molecule has 0 bridgehead atoms. The standard InChI is InChI=1S/C46H29NOS/c1-2-9-30(10-3-1)31-17-22-34(23-18-31)47(36-26-28-44-42(29-36)39-13-6-7-16-43(39)49-44)35-24-19-33(20-25-35)38-14-8-15-40-41-27-21-32-11-4-5-12-37(32)46(41)48-45(38)40/h1-29H. The summed E-state index contributed by atoms with van der Waals surface area (Å²) in [5.74, 6) is 0. The van der Waals surface area contributed by atoms with Crippen molar-refractivity contribution < 1.29 is 4.42 Å². The minimum absolute atomic E-state index is 0.921. The minimum atomic E-state index is 0.921. The lowest BCUT2D eigenvalue weighted by Crippen LogP contribution is -2.09. The van der Waals surface area contributed by atoms with Gasteiger partial charge in [0.25, 0.3) is 0 Å². The molecule has 0 unspecified atom stereocenters. The molecular formula is C46H29NOS. The van der Waals surface area contributed by atoms with Crippen LogP contribution in [0.3, 0.4) is 0 Å². The van der Waals surface area contributed by atoms with Gasteiger partial charge in [-0.15, -0.1) is 11.3 Å². The van der Waals surface area contributed by atoms with Gasteiger partial charge in [0, 0.05) is 59.0 Å². The van der Waals surface area contributed by atoms with Crippen molar-refractivity contribution >= 4 is 81.3 Å². The molecule has 0 amide bonds. The first-order valence-corrected chi connectivity index (χ1v) is 17.4. The number of hydrogen-bond acceptors (Lipinski definition) is 3. The molecule has 2 heterocycles. The van der Waals surface area contributed by atoms with Gasteiger partial charge in [0.2, 0.25) is 0 Å². The highest BCUT2D eigenvalue weighted by Crippen LogP contribution is 2.43. The number of thiophene rings is 1. The first kappa shape index (κ1) is 27.9. The lowest BCUT2D eigenvalue weighted by Gasteiger charge is -2.26. The second-order valence-electron chi connectivity index (χ2n) is 12.5. The Morgan fingerprint density at radius 2 is 0.980 bits per heavy atom. The van der Waals surface area contributed by atoms with Crippen molar-refractivity contribution in [2.75, 3.05) is 4.90 Å². The second-order valence-corrected chi connectivity index (χ2v) is 13.6. The molecule has 3 heteroatoms. The topological polar surface area (TPSA) is 16.4 Å². The van der Waals surface area contributed by atoms with E-state index in [-0.39, 0.29) is 0 Å². The van der Waals surface area contributed by atoms with E-state index in [2.05, 4.69) is 181 Å². The molecule has 0 radical (unpaired) electrons. The van der Waals surface area contributed by atoms with Crippen molar-refractivity contribution in [2.45, 2.75) is 0 Å². The van der Waals surface area contributed by atoms with Gasteiger partial charge in [-0.2, -0.15) is 0 Å². The van der Waals surface area contributed by atoms with Gasteiger partial charge < -0.3 is 9.32 Å². The van der Waals surface area contributed by atoms with E-state index in [1.165, 1.54) is 36.7 Å². The Kier molecular flexibility index (Phi) is 6.39. The molecular weight excluding hydrogens is 615 g/mol. The average Bonchev–Trinajstić information content (AvgIpc) is 3.75. The van der Waals surface area contributed by atoms with E-state index in [4.69, 9.17) is 4.42 Å². The smallest absolute Gasteiger partial charge is 0.143 e. The number of benzene rings is 8. The Morgan fingerprint density at radius 3 is 1.80 bits per heavy atom. The highest BCUT2D eigenvalue weighted by molar-refractivity contribution is 7.25. The SMILES string of the molecule is c1ccc(-c2ccc(N(c3ccc(-c4cccc5c4oc4c6ccccc6ccc54)cc3)c3ccc4sc5ccccc5c4c3)cc2)cc1. The summed E-state index contributed by atoms with van der Waals surface area (Å²) in [5, 5.41) is 7.19. The molecule has 0 fully saturated rings. The lowest BCUT2D eigenvalue weighted by molar-refractivity contribution is 0.674. The highest BCUT2D eigenvalue weighted by atomic mass is 32.1. The zero-order valence-electron chi connectivity index (χ0n) is 26.5. The molecule has 0 spiro atoms. The number of furan rings is 1. The fraction of sp³-hybridized carbons (Fsp3) is 0. The monoisotopic (exact) mass is 643 g/mol. The van der Waals surface area contributed by atoms with Crippen LogP contribution in [0, 0.1) is 0 Å². The molecule has 49 heavy (non-hydrogen) atoms. The van der Waals surface area contributed by atoms with E-state index in [0.29, 0.717) is 0 Å². The van der Waals surface area contributed by atoms with Crippen LogP contribution < -0.4 is 4.90 Å². The molecule has 0 atom stereocenters. The summed E-state index contributed by atoms with van der Waals surface area (Å²) in [6.45, 7) is 0. The summed E-state index contributed by atoms with van der Waals surface area (Å²) < 4.78 is 9.28. The Morgan fingerprint density at radius 1 is 0.367 bits per heavy atom. The molecule has 0 saturated heterocycles. The van der Waals surface area contributed by atoms with Crippen molar-refractivity contribution in [3.8, 4) is 22.3 Å². The fourth-order valence-electron chi connectivity index (χ4n) is 7.28. The van der Waals surface area contributed by atoms with Crippen molar-refractivity contribution in [3.05, 3.63) is 176 Å². The summed E-state index contributed by atoms with van der Waals surface area (Å²) in [6.07, 6.45) is 0. The van der Waals surface area contributed by atoms with E-state index in [0.717, 1.165) is 55.5 Å². The summed E-state index contributed by atoms with van der Waals surface area (Å²) in [5.41, 5.74) is 9.82. The van der Waals surface area contributed by atoms with Crippen LogP contribution in [0.5, 0.6) is 0 Å². The molecule has 0 aliphatic carbocycles. The summed E-state index contributed by atoms with van der Waals surface area (Å²) in [4.78, 5) is 2.36. The number of para-hydroxylation sites is 1. The van der Waals surface area contributed by atoms with E-state index < -0.39 is 0 Å². The number of fused-ring (bicyclic) bond motifs is 8. The zero-order valence-corrected chi connectivity index (χ0v) is 27.3. The van der Waals surface area contributed by atoms with Gasteiger partial charge in [0.1, 0.15) is 11.2 Å². The van der Waals surface area contributed by atoms with Crippen LogP contribution in [-0.2, 0) is 0 Å². The maximum absolute atomic E-state index is 6.67. The second kappa shape index (κ2) is 11.2. The van der Waals surface area contributed by atoms with Crippen LogP contribution in [0.1, 0.15) is 0 Å². The maximum Gasteiger partial charge on any atom is 0.143 e. The predicted octanol–water partition coefficient (Wildman–Crippen LogP) is 13.9. The van der Waals surface area contributed by atoms with Gasteiger partial charge >= 0.3 is 0 Å². The quantitative estimate of drug-likeness (QED) is 0.186. The van der Waals surface area contributed by atoms with Crippen molar-refractivity contribution in [2.24, 2.45) is 0 Å². The molecule has 10 rings (SSSR count). The predicted molar refractivity (Wildman–Crippen MR) is 210 cm³/mol. The van der Waals surface area contributed by atoms with E-state index in [1.807, 2.05) is 11.3 Å². The largest absolute Gasteiger partial charge is 0.455 e. The molecule has 2 nitrogen and oxygen atoms in total. The Bertz CT molecular complexity index is 2810. The first-order chi connectivity index (χ1) is 24.3. The van der Waals surface area contributed by atoms with Gasteiger partial charge in [-0.25, -0.2) is 0 Å². The molecule has 0 aliphatic rings. The lowest BCUT2D eigenvalue weighted by atomic mass is 10.0. The Labute approximate surface area is 287 Å². The van der Waals surface area contributed by atoms with Gasteiger partial charge in [-0.3, -0.25) is 0 Å². The van der Waals surface area contributed by atoms with Gasteiger partial charge in [0.15, 0.2) is 0 Å². The van der Waals surface area contributed by atoms with Crippen molar-refractivity contribution in [1.82, 2.24) is 0 Å². The summed E-state index contributed by atoms with van der Waals surface area (Å²) in [7, 11) is 0. The van der Waals surface area contributed by atoms with Crippen LogP contribution in [0.15, 0.2) is 180 Å². The van der Waals surface area contributed by atoms with Crippen molar-refractivity contribution in [1.29, 1.82) is 0 Å². The number of hydrogen-bond donors (Lipinski definition) is 0. The number of rotatable bonds is 5. The van der Waals surface area contributed by atoms with Gasteiger partial charge in [-0.05, 0) is 76.7 Å². The summed E-state index contributed by atoms with van der Waals surface area (Å²) in [6, 6.07) is 63.2. The fourth-order valence-corrected chi connectivity index (χ4v) is 8.36. The van der Waals surface area contributed by atoms with Crippen LogP contribution >= 0.6 is 11.3 Å². The number of anilines is 3. The minimum Gasteiger partial charge on any atom is -0.455 e. The zero-order chi connectivity index (χ0) is 32.3. The van der Waals surface area contributed by atoms with Crippen LogP contribution in [0.4, 0.5) is 17.1 Å². The normalized spacial score (nSPS) is 11.7. The Hall–Kier alpha value is -6.16. The van der Waals surface area contributed by atoms with E-state index >= 15 is 0 Å². The van der Waals surface area contributed by atoms with Crippen LogP contribution in [0.2, 0.25) is 0 Å². The molecule has 0 saturated carbocycles. The maximum atomic E-state index is 6.67. The molecule has 230 valence electrons. The van der Waals surface area contributed by atoms with Gasteiger partial charge in [0.05, 0.1) is 0 Å². The average molecular weight is 644 g/mol. The molecule has 0 aliphatic heterocycles. The van der Waals surface area contributed by atoms with Gasteiger partial charge in [-0.1, -0.05) is 121 Å². The van der Waals surface area contributed by atoms with Crippen LogP contribution in [0.25, 0.3) is 75.1 Å². The third kappa shape index (κ3) is 4.62. The Balaban J connectivity index is 1.10. The molecule has 0 N–H and O–H groups in total. The molecule has 8 aromatic carbocycles. The molecule has 10 aromatic rings. The van der Waals surface area contributed by atoms with Crippen LogP contribution in [-0.4, -0.2) is 0 Å². The third-order valence-electron chi connectivity index (χ3n) is 9.68. The first-order valence-electron chi connectivity index (χ1n) is 16.6. The van der Waals surface area contributed by atoms with E-state index in [9.17, 15) is 0 Å². The summed E-state index contributed by atoms with van der Waals surface area (Å²) >= 11 is 1.85. The third-order valence-corrected chi connectivity index (χ3v) is 10.8. The highest BCUT2D eigenvalue weighted by Gasteiger charge is 2.17.